The summed E-state index contributed by atoms with van der Waals surface area (Å²) >= 11 is 0. The van der Waals surface area contributed by atoms with Crippen LogP contribution in [-0.4, -0.2) is 35.9 Å². The van der Waals surface area contributed by atoms with Crippen molar-refractivity contribution in [2.75, 3.05) is 13.2 Å². The van der Waals surface area contributed by atoms with Crippen LogP contribution in [0.1, 0.15) is 32.8 Å². The van der Waals surface area contributed by atoms with Gasteiger partial charge in [-0.05, 0) is 24.6 Å². The quantitative estimate of drug-likeness (QED) is 0.845. The van der Waals surface area contributed by atoms with Crippen molar-refractivity contribution >= 4 is 5.91 Å². The molecule has 22 heavy (non-hydrogen) atoms. The van der Waals surface area contributed by atoms with Crippen LogP contribution >= 0.6 is 0 Å². The van der Waals surface area contributed by atoms with E-state index in [9.17, 15) is 14.3 Å². The third-order valence-electron chi connectivity index (χ3n) is 4.73. The minimum absolute atomic E-state index is 0.00243. The van der Waals surface area contributed by atoms with E-state index in [2.05, 4.69) is 5.32 Å². The number of hydrogen-bond donors (Lipinski definition) is 2. The van der Waals surface area contributed by atoms with E-state index in [1.54, 1.807) is 12.1 Å². The van der Waals surface area contributed by atoms with Gasteiger partial charge in [0.05, 0.1) is 18.1 Å². The molecule has 2 atom stereocenters. The highest BCUT2D eigenvalue weighted by molar-refractivity contribution is 5.78. The fraction of sp³-hybridized carbons (Fsp3) is 0.588. The second-order valence-corrected chi connectivity index (χ2v) is 6.48. The third-order valence-corrected chi connectivity index (χ3v) is 4.73. The van der Waals surface area contributed by atoms with Crippen molar-refractivity contribution in [2.24, 2.45) is 5.41 Å². The normalized spacial score (nSPS) is 26.3. The highest BCUT2D eigenvalue weighted by Crippen LogP contribution is 2.50. The fourth-order valence-corrected chi connectivity index (χ4v) is 2.90. The van der Waals surface area contributed by atoms with Crippen molar-refractivity contribution in [1.29, 1.82) is 0 Å². The van der Waals surface area contributed by atoms with Gasteiger partial charge >= 0.3 is 0 Å². The second kappa shape index (κ2) is 6.34. The summed E-state index contributed by atoms with van der Waals surface area (Å²) in [5.41, 5.74) is -0.760. The van der Waals surface area contributed by atoms with Crippen LogP contribution in [0.2, 0.25) is 0 Å². The van der Waals surface area contributed by atoms with E-state index in [0.29, 0.717) is 18.6 Å². The van der Waals surface area contributed by atoms with Gasteiger partial charge < -0.3 is 15.2 Å². The Hall–Kier alpha value is -1.46. The monoisotopic (exact) mass is 309 g/mol. The molecule has 1 aromatic rings. The van der Waals surface area contributed by atoms with Crippen LogP contribution in [0.5, 0.6) is 0 Å². The molecule has 2 rings (SSSR count). The van der Waals surface area contributed by atoms with Crippen molar-refractivity contribution in [2.45, 2.75) is 45.3 Å². The minimum Gasteiger partial charge on any atom is -0.387 e. The molecule has 0 aromatic heterocycles. The van der Waals surface area contributed by atoms with Crippen LogP contribution in [0.25, 0.3) is 0 Å². The highest BCUT2D eigenvalue weighted by atomic mass is 19.1. The Morgan fingerprint density at radius 1 is 1.50 bits per heavy atom. The summed E-state index contributed by atoms with van der Waals surface area (Å²) in [6.45, 7) is 6.59. The van der Waals surface area contributed by atoms with Crippen molar-refractivity contribution in [3.05, 3.63) is 35.6 Å². The number of benzene rings is 1. The van der Waals surface area contributed by atoms with E-state index in [0.717, 1.165) is 0 Å². The lowest BCUT2D eigenvalue weighted by atomic mass is 9.56. The number of halogens is 1. The van der Waals surface area contributed by atoms with Gasteiger partial charge in [0.1, 0.15) is 5.82 Å². The first-order valence-corrected chi connectivity index (χ1v) is 7.63. The van der Waals surface area contributed by atoms with Gasteiger partial charge in [0, 0.05) is 25.0 Å². The second-order valence-electron chi connectivity index (χ2n) is 6.48. The number of carbonyl (C=O) groups is 1. The average Bonchev–Trinajstić information content (AvgIpc) is 2.45. The number of nitrogens with one attached hydrogen (secondary N) is 1. The first-order chi connectivity index (χ1) is 10.3. The molecular weight excluding hydrogens is 285 g/mol. The Balaban J connectivity index is 1.86. The average molecular weight is 309 g/mol. The third kappa shape index (κ3) is 3.31. The molecule has 1 fully saturated rings. The molecule has 0 spiro atoms. The molecular formula is C17H24FNO3. The van der Waals surface area contributed by atoms with E-state index < -0.39 is 11.0 Å². The molecule has 0 bridgehead atoms. The fourth-order valence-electron chi connectivity index (χ4n) is 2.90. The lowest BCUT2D eigenvalue weighted by Gasteiger charge is -2.57. The van der Waals surface area contributed by atoms with Gasteiger partial charge in [0.2, 0.25) is 5.91 Å². The summed E-state index contributed by atoms with van der Waals surface area (Å²) in [5, 5.41) is 13.4. The molecule has 1 aliphatic rings. The molecule has 4 nitrogen and oxygen atoms in total. The van der Waals surface area contributed by atoms with Gasteiger partial charge in [0.25, 0.3) is 0 Å². The summed E-state index contributed by atoms with van der Waals surface area (Å²) in [6, 6.07) is 5.96. The SMILES string of the molecule is CCO[C@@H]1C[C@](O)(CNC(=O)Cc2cccc(F)c2)C1(C)C. The lowest BCUT2D eigenvalue weighted by Crippen LogP contribution is -2.68. The Labute approximate surface area is 130 Å². The van der Waals surface area contributed by atoms with E-state index in [1.165, 1.54) is 12.1 Å². The van der Waals surface area contributed by atoms with Crippen LogP contribution < -0.4 is 5.32 Å². The zero-order valence-electron chi connectivity index (χ0n) is 13.4. The molecule has 2 N–H and O–H groups in total. The molecule has 0 radical (unpaired) electrons. The van der Waals surface area contributed by atoms with E-state index in [4.69, 9.17) is 4.74 Å². The molecule has 122 valence electrons. The van der Waals surface area contributed by atoms with E-state index in [-0.39, 0.29) is 30.8 Å². The maximum Gasteiger partial charge on any atom is 0.224 e. The Kier molecular flexibility index (Phi) is 4.87. The van der Waals surface area contributed by atoms with E-state index >= 15 is 0 Å². The number of hydrogen-bond acceptors (Lipinski definition) is 3. The number of amides is 1. The van der Waals surface area contributed by atoms with Crippen molar-refractivity contribution in [3.8, 4) is 0 Å². The zero-order valence-corrected chi connectivity index (χ0v) is 13.4. The van der Waals surface area contributed by atoms with Crippen LogP contribution in [-0.2, 0) is 16.0 Å². The van der Waals surface area contributed by atoms with Gasteiger partial charge in [-0.3, -0.25) is 4.79 Å². The Bertz CT molecular complexity index is 546. The van der Waals surface area contributed by atoms with Crippen molar-refractivity contribution < 1.29 is 19.0 Å². The molecule has 5 heteroatoms. The van der Waals surface area contributed by atoms with Gasteiger partial charge in [-0.15, -0.1) is 0 Å². The highest BCUT2D eigenvalue weighted by Gasteiger charge is 2.59. The topological polar surface area (TPSA) is 58.6 Å². The molecule has 1 amide bonds. The maximum absolute atomic E-state index is 13.1. The molecule has 1 aromatic carbocycles. The van der Waals surface area contributed by atoms with Gasteiger partial charge in [-0.25, -0.2) is 4.39 Å². The summed E-state index contributed by atoms with van der Waals surface area (Å²) in [7, 11) is 0. The molecule has 1 saturated carbocycles. The first kappa shape index (κ1) is 16.9. The summed E-state index contributed by atoms with van der Waals surface area (Å²) in [6.07, 6.45) is 0.611. The molecule has 0 aliphatic heterocycles. The molecule has 1 aliphatic carbocycles. The molecule has 0 heterocycles. The smallest absolute Gasteiger partial charge is 0.224 e. The van der Waals surface area contributed by atoms with Gasteiger partial charge in [-0.1, -0.05) is 26.0 Å². The van der Waals surface area contributed by atoms with Crippen LogP contribution in [0.15, 0.2) is 24.3 Å². The van der Waals surface area contributed by atoms with Gasteiger partial charge in [-0.2, -0.15) is 0 Å². The van der Waals surface area contributed by atoms with Crippen molar-refractivity contribution in [3.63, 3.8) is 0 Å². The zero-order chi connectivity index (χ0) is 16.4. The van der Waals surface area contributed by atoms with E-state index in [1.807, 2.05) is 20.8 Å². The Morgan fingerprint density at radius 3 is 2.82 bits per heavy atom. The Morgan fingerprint density at radius 2 is 2.23 bits per heavy atom. The predicted octanol–water partition coefficient (Wildman–Crippen LogP) is 2.05. The number of aliphatic hydroxyl groups is 1. The molecule has 0 unspecified atom stereocenters. The lowest BCUT2D eigenvalue weighted by molar-refractivity contribution is -0.238. The summed E-state index contributed by atoms with van der Waals surface area (Å²) in [4.78, 5) is 12.0. The van der Waals surface area contributed by atoms with Crippen LogP contribution in [0.4, 0.5) is 4.39 Å². The summed E-state index contributed by atoms with van der Waals surface area (Å²) in [5.74, 6) is -0.585. The maximum atomic E-state index is 13.1. The number of carbonyl (C=O) groups excluding carboxylic acids is 1. The van der Waals surface area contributed by atoms with Crippen LogP contribution in [0, 0.1) is 11.2 Å². The molecule has 0 saturated heterocycles. The summed E-state index contributed by atoms with van der Waals surface area (Å²) < 4.78 is 18.7. The minimum atomic E-state index is -0.968. The van der Waals surface area contributed by atoms with Crippen LogP contribution in [0.3, 0.4) is 0 Å². The number of rotatable bonds is 6. The predicted molar refractivity (Wildman–Crippen MR) is 81.9 cm³/mol. The van der Waals surface area contributed by atoms with Crippen molar-refractivity contribution in [1.82, 2.24) is 5.32 Å². The number of ether oxygens (including phenoxy) is 1. The standard InChI is InChI=1S/C17H24FNO3/c1-4-22-14-10-17(21,16(14,2)3)11-19-15(20)9-12-6-5-7-13(18)8-12/h5-8,14,21H,4,9-11H2,1-3H3,(H,19,20)/t14-,17+/m1/s1. The largest absolute Gasteiger partial charge is 0.387 e. The van der Waals surface area contributed by atoms with Gasteiger partial charge in [0.15, 0.2) is 0 Å². The first-order valence-electron chi connectivity index (χ1n) is 7.63.